The summed E-state index contributed by atoms with van der Waals surface area (Å²) in [6, 6.07) is 0. The molecule has 4 nitrogen and oxygen atoms in total. The molecule has 1 N–H and O–H groups in total. The molecule has 0 aliphatic rings. The van der Waals surface area contributed by atoms with Crippen molar-refractivity contribution in [3.8, 4) is 0 Å². The highest BCUT2D eigenvalue weighted by Crippen LogP contribution is 2.08. The summed E-state index contributed by atoms with van der Waals surface area (Å²) >= 11 is 0. The van der Waals surface area contributed by atoms with E-state index in [1.165, 1.54) is 0 Å². The third kappa shape index (κ3) is 6.46. The molecule has 0 spiro atoms. The molecule has 0 amide bonds. The zero-order valence-electron chi connectivity index (χ0n) is 9.08. The number of rotatable bonds is 8. The summed E-state index contributed by atoms with van der Waals surface area (Å²) in [4.78, 5) is 10.3. The molecule has 0 rings (SSSR count). The molecule has 0 fully saturated rings. The molecule has 0 radical (unpaired) electrons. The summed E-state index contributed by atoms with van der Waals surface area (Å²) < 4.78 is 0. The molecule has 0 aromatic carbocycles. The van der Waals surface area contributed by atoms with Gasteiger partial charge in [0, 0.05) is 13.0 Å². The molecule has 0 unspecified atom stereocenters. The van der Waals surface area contributed by atoms with E-state index < -0.39 is 0 Å². The van der Waals surface area contributed by atoms with Crippen molar-refractivity contribution in [3.05, 3.63) is 22.0 Å². The molecule has 0 atom stereocenters. The van der Waals surface area contributed by atoms with Crippen LogP contribution in [0.4, 0.5) is 0 Å². The Bertz CT molecular complexity index is 191. The number of hydrogen-bond donors (Lipinski definition) is 1. The van der Waals surface area contributed by atoms with Gasteiger partial charge < -0.3 is 5.32 Å². The van der Waals surface area contributed by atoms with E-state index in [0.29, 0.717) is 12.1 Å². The average molecular weight is 200 g/mol. The summed E-state index contributed by atoms with van der Waals surface area (Å²) in [5.74, 6) is 0. The van der Waals surface area contributed by atoms with Crippen LogP contribution in [0.15, 0.2) is 11.9 Å². The fourth-order valence-corrected chi connectivity index (χ4v) is 1.11. The molecule has 0 saturated carbocycles. The van der Waals surface area contributed by atoms with Crippen LogP contribution in [-0.2, 0) is 0 Å². The van der Waals surface area contributed by atoms with E-state index in [9.17, 15) is 10.1 Å². The van der Waals surface area contributed by atoms with Crippen molar-refractivity contribution >= 4 is 0 Å². The molecular formula is C10H20N2O2. The molecule has 0 saturated heterocycles. The molecule has 0 aliphatic heterocycles. The Morgan fingerprint density at radius 1 is 1.36 bits per heavy atom. The molecule has 82 valence electrons. The minimum Gasteiger partial charge on any atom is -0.386 e. The minimum atomic E-state index is -0.293. The van der Waals surface area contributed by atoms with Gasteiger partial charge in [0.05, 0.1) is 11.1 Å². The second kappa shape index (κ2) is 8.53. The van der Waals surface area contributed by atoms with Crippen LogP contribution in [0.3, 0.4) is 0 Å². The molecule has 14 heavy (non-hydrogen) atoms. The summed E-state index contributed by atoms with van der Waals surface area (Å²) in [6.07, 6.45) is 6.14. The zero-order valence-corrected chi connectivity index (χ0v) is 9.08. The van der Waals surface area contributed by atoms with Crippen LogP contribution in [0, 0.1) is 10.1 Å². The summed E-state index contributed by atoms with van der Waals surface area (Å²) in [7, 11) is 0. The molecule has 0 heterocycles. The quantitative estimate of drug-likeness (QED) is 0.372. The van der Waals surface area contributed by atoms with Crippen molar-refractivity contribution in [1.82, 2.24) is 5.32 Å². The SMILES string of the molecule is CCCCC/C(=C\NCCC)[N+](=O)[O-]. The van der Waals surface area contributed by atoms with Gasteiger partial charge in [-0.3, -0.25) is 10.1 Å². The number of nitro groups is 1. The number of allylic oxidation sites excluding steroid dienone is 1. The van der Waals surface area contributed by atoms with E-state index in [-0.39, 0.29) is 4.92 Å². The van der Waals surface area contributed by atoms with Crippen LogP contribution in [0.25, 0.3) is 0 Å². The monoisotopic (exact) mass is 200 g/mol. The normalized spacial score (nSPS) is 11.4. The highest BCUT2D eigenvalue weighted by Gasteiger charge is 2.08. The van der Waals surface area contributed by atoms with E-state index in [1.54, 1.807) is 6.20 Å². The highest BCUT2D eigenvalue weighted by molar-refractivity contribution is 4.89. The van der Waals surface area contributed by atoms with E-state index in [2.05, 4.69) is 12.2 Å². The number of unbranched alkanes of at least 4 members (excludes halogenated alkanes) is 2. The van der Waals surface area contributed by atoms with Crippen molar-refractivity contribution in [2.45, 2.75) is 46.0 Å². The molecule has 0 aliphatic carbocycles. The maximum atomic E-state index is 10.6. The lowest BCUT2D eigenvalue weighted by atomic mass is 10.2. The largest absolute Gasteiger partial charge is 0.386 e. The number of hydrogen-bond acceptors (Lipinski definition) is 3. The predicted molar refractivity (Wildman–Crippen MR) is 57.5 cm³/mol. The molecule has 0 aromatic heterocycles. The van der Waals surface area contributed by atoms with Crippen molar-refractivity contribution in [2.24, 2.45) is 0 Å². The lowest BCUT2D eigenvalue weighted by molar-refractivity contribution is -0.428. The van der Waals surface area contributed by atoms with E-state index in [1.807, 2.05) is 6.92 Å². The Morgan fingerprint density at radius 2 is 2.07 bits per heavy atom. The van der Waals surface area contributed by atoms with Gasteiger partial charge in [0.15, 0.2) is 0 Å². The average Bonchev–Trinajstić information content (AvgIpc) is 2.15. The van der Waals surface area contributed by atoms with Gasteiger partial charge in [-0.25, -0.2) is 0 Å². The van der Waals surface area contributed by atoms with Gasteiger partial charge in [0.25, 0.3) is 5.70 Å². The lowest BCUT2D eigenvalue weighted by Gasteiger charge is -2.00. The topological polar surface area (TPSA) is 55.2 Å². The molecule has 0 aromatic rings. The highest BCUT2D eigenvalue weighted by atomic mass is 16.6. The third-order valence-electron chi connectivity index (χ3n) is 1.93. The van der Waals surface area contributed by atoms with Gasteiger partial charge in [-0.2, -0.15) is 0 Å². The Kier molecular flexibility index (Phi) is 7.89. The smallest absolute Gasteiger partial charge is 0.261 e. The van der Waals surface area contributed by atoms with Crippen LogP contribution >= 0.6 is 0 Å². The maximum absolute atomic E-state index is 10.6. The molecule has 0 bridgehead atoms. The fraction of sp³-hybridized carbons (Fsp3) is 0.800. The summed E-state index contributed by atoms with van der Waals surface area (Å²) in [6.45, 7) is 4.92. The van der Waals surface area contributed by atoms with E-state index >= 15 is 0 Å². The maximum Gasteiger partial charge on any atom is 0.261 e. The Balaban J connectivity index is 3.88. The standard InChI is InChI=1S/C10H20N2O2/c1-3-5-6-7-10(12(13)14)9-11-8-4-2/h9,11H,3-8H2,1-2H3/b10-9+. The zero-order chi connectivity index (χ0) is 10.8. The van der Waals surface area contributed by atoms with Crippen molar-refractivity contribution in [2.75, 3.05) is 6.54 Å². The summed E-state index contributed by atoms with van der Waals surface area (Å²) in [5, 5.41) is 13.5. The second-order valence-electron chi connectivity index (χ2n) is 3.30. The third-order valence-corrected chi connectivity index (χ3v) is 1.93. The van der Waals surface area contributed by atoms with Crippen LogP contribution < -0.4 is 5.32 Å². The fourth-order valence-electron chi connectivity index (χ4n) is 1.11. The lowest BCUT2D eigenvalue weighted by Crippen LogP contribution is -2.10. The Hall–Kier alpha value is -1.06. The molecular weight excluding hydrogens is 180 g/mol. The van der Waals surface area contributed by atoms with E-state index in [0.717, 1.165) is 32.2 Å². The van der Waals surface area contributed by atoms with Crippen LogP contribution in [0.1, 0.15) is 46.0 Å². The summed E-state index contributed by atoms with van der Waals surface area (Å²) in [5.41, 5.74) is 0.298. The van der Waals surface area contributed by atoms with Crippen molar-refractivity contribution < 1.29 is 4.92 Å². The second-order valence-corrected chi connectivity index (χ2v) is 3.30. The predicted octanol–water partition coefficient (Wildman–Crippen LogP) is 2.68. The van der Waals surface area contributed by atoms with Crippen molar-refractivity contribution in [3.63, 3.8) is 0 Å². The van der Waals surface area contributed by atoms with Crippen LogP contribution in [0.2, 0.25) is 0 Å². The molecule has 4 heteroatoms. The minimum absolute atomic E-state index is 0.293. The van der Waals surface area contributed by atoms with Crippen LogP contribution in [-0.4, -0.2) is 11.5 Å². The number of nitrogens with zero attached hydrogens (tertiary/aromatic N) is 1. The number of nitrogens with one attached hydrogen (secondary N) is 1. The van der Waals surface area contributed by atoms with Gasteiger partial charge in [-0.1, -0.05) is 26.7 Å². The first-order valence-electron chi connectivity index (χ1n) is 5.29. The van der Waals surface area contributed by atoms with E-state index in [4.69, 9.17) is 0 Å². The van der Waals surface area contributed by atoms with Gasteiger partial charge in [0.1, 0.15) is 0 Å². The first-order valence-corrected chi connectivity index (χ1v) is 5.29. The first kappa shape index (κ1) is 12.9. The van der Waals surface area contributed by atoms with Gasteiger partial charge >= 0.3 is 0 Å². The van der Waals surface area contributed by atoms with Crippen molar-refractivity contribution in [1.29, 1.82) is 0 Å². The first-order chi connectivity index (χ1) is 6.72. The van der Waals surface area contributed by atoms with Gasteiger partial charge in [-0.15, -0.1) is 0 Å². The Labute approximate surface area is 85.5 Å². The van der Waals surface area contributed by atoms with Gasteiger partial charge in [0.2, 0.25) is 0 Å². The Morgan fingerprint density at radius 3 is 2.57 bits per heavy atom. The van der Waals surface area contributed by atoms with Gasteiger partial charge in [-0.05, 0) is 12.8 Å². The van der Waals surface area contributed by atoms with Crippen LogP contribution in [0.5, 0.6) is 0 Å².